The third-order valence-electron chi connectivity index (χ3n) is 3.67. The SMILES string of the molecule is CC(C)NCc1ccc(COCC(C)(C)N(C)C)cc1. The van der Waals surface area contributed by atoms with Gasteiger partial charge in [0.2, 0.25) is 0 Å². The first kappa shape index (κ1) is 17.2. The first-order valence-corrected chi connectivity index (χ1v) is 7.37. The minimum Gasteiger partial charge on any atom is -0.375 e. The van der Waals surface area contributed by atoms with Gasteiger partial charge in [0.15, 0.2) is 0 Å². The van der Waals surface area contributed by atoms with Crippen LogP contribution in [0, 0.1) is 0 Å². The Morgan fingerprint density at radius 1 is 1.10 bits per heavy atom. The molecule has 0 saturated heterocycles. The predicted octanol–water partition coefficient (Wildman–Crippen LogP) is 3.04. The van der Waals surface area contributed by atoms with E-state index in [0.29, 0.717) is 12.6 Å². The minimum atomic E-state index is 0.0706. The number of nitrogens with one attached hydrogen (secondary N) is 1. The maximum atomic E-state index is 5.83. The average Bonchev–Trinajstić information content (AvgIpc) is 2.37. The van der Waals surface area contributed by atoms with Crippen LogP contribution in [-0.2, 0) is 17.9 Å². The van der Waals surface area contributed by atoms with Gasteiger partial charge in [-0.25, -0.2) is 0 Å². The van der Waals surface area contributed by atoms with E-state index in [-0.39, 0.29) is 5.54 Å². The summed E-state index contributed by atoms with van der Waals surface area (Å²) in [5, 5.41) is 3.42. The molecule has 0 fully saturated rings. The molecule has 0 radical (unpaired) electrons. The van der Waals surface area contributed by atoms with Gasteiger partial charge in [0.1, 0.15) is 0 Å². The molecule has 0 saturated carbocycles. The molecule has 0 heterocycles. The number of ether oxygens (including phenoxy) is 1. The standard InChI is InChI=1S/C17H30N2O/c1-14(2)18-11-15-7-9-16(10-8-15)12-20-13-17(3,4)19(5)6/h7-10,14,18H,11-13H2,1-6H3. The third-order valence-corrected chi connectivity index (χ3v) is 3.67. The molecular formula is C17H30N2O. The summed E-state index contributed by atoms with van der Waals surface area (Å²) in [4.78, 5) is 2.19. The highest BCUT2D eigenvalue weighted by atomic mass is 16.5. The molecule has 3 nitrogen and oxygen atoms in total. The van der Waals surface area contributed by atoms with Gasteiger partial charge >= 0.3 is 0 Å². The average molecular weight is 278 g/mol. The number of nitrogens with zero attached hydrogens (tertiary/aromatic N) is 1. The summed E-state index contributed by atoms with van der Waals surface area (Å²) in [5.41, 5.74) is 2.62. The smallest absolute Gasteiger partial charge is 0.0717 e. The second-order valence-corrected chi connectivity index (χ2v) is 6.55. The maximum Gasteiger partial charge on any atom is 0.0717 e. The molecule has 0 aromatic heterocycles. The summed E-state index contributed by atoms with van der Waals surface area (Å²) in [6.07, 6.45) is 0. The first-order chi connectivity index (χ1) is 9.31. The van der Waals surface area contributed by atoms with Crippen molar-refractivity contribution >= 4 is 0 Å². The number of likely N-dealkylation sites (N-methyl/N-ethyl adjacent to an activating group) is 1. The predicted molar refractivity (Wildman–Crippen MR) is 85.8 cm³/mol. The lowest BCUT2D eigenvalue weighted by atomic mass is 10.1. The molecule has 0 bridgehead atoms. The zero-order valence-corrected chi connectivity index (χ0v) is 13.9. The van der Waals surface area contributed by atoms with Gasteiger partial charge in [0.25, 0.3) is 0 Å². The zero-order chi connectivity index (χ0) is 15.2. The summed E-state index contributed by atoms with van der Waals surface area (Å²) in [6, 6.07) is 9.17. The highest BCUT2D eigenvalue weighted by Gasteiger charge is 2.20. The van der Waals surface area contributed by atoms with E-state index in [0.717, 1.165) is 13.2 Å². The molecule has 0 aliphatic heterocycles. The van der Waals surface area contributed by atoms with E-state index < -0.39 is 0 Å². The van der Waals surface area contributed by atoms with Crippen molar-refractivity contribution in [3.8, 4) is 0 Å². The van der Waals surface area contributed by atoms with Crippen LogP contribution in [0.15, 0.2) is 24.3 Å². The van der Waals surface area contributed by atoms with Crippen LogP contribution in [0.3, 0.4) is 0 Å². The highest BCUT2D eigenvalue weighted by molar-refractivity contribution is 5.22. The Morgan fingerprint density at radius 2 is 1.65 bits per heavy atom. The van der Waals surface area contributed by atoms with Crippen molar-refractivity contribution in [2.75, 3.05) is 20.7 Å². The van der Waals surface area contributed by atoms with Crippen molar-refractivity contribution in [1.29, 1.82) is 0 Å². The molecule has 1 aromatic carbocycles. The van der Waals surface area contributed by atoms with E-state index in [1.807, 2.05) is 0 Å². The van der Waals surface area contributed by atoms with Crippen LogP contribution in [-0.4, -0.2) is 37.2 Å². The molecule has 0 aliphatic carbocycles. The van der Waals surface area contributed by atoms with Crippen LogP contribution in [0.4, 0.5) is 0 Å². The Bertz CT molecular complexity index is 382. The quantitative estimate of drug-likeness (QED) is 0.791. The normalized spacial score (nSPS) is 12.4. The van der Waals surface area contributed by atoms with Gasteiger partial charge in [-0.2, -0.15) is 0 Å². The number of hydrogen-bond acceptors (Lipinski definition) is 3. The van der Waals surface area contributed by atoms with Gasteiger partial charge in [-0.1, -0.05) is 38.1 Å². The van der Waals surface area contributed by atoms with Gasteiger partial charge in [0.05, 0.1) is 13.2 Å². The summed E-state index contributed by atoms with van der Waals surface area (Å²) in [6.45, 7) is 11.0. The van der Waals surface area contributed by atoms with Gasteiger partial charge < -0.3 is 15.0 Å². The molecule has 0 amide bonds. The molecule has 0 aliphatic rings. The largest absolute Gasteiger partial charge is 0.375 e. The Balaban J connectivity index is 2.38. The molecule has 0 spiro atoms. The minimum absolute atomic E-state index is 0.0706. The monoisotopic (exact) mass is 278 g/mol. The number of rotatable bonds is 8. The third kappa shape index (κ3) is 6.04. The van der Waals surface area contributed by atoms with Crippen molar-refractivity contribution in [1.82, 2.24) is 10.2 Å². The van der Waals surface area contributed by atoms with Crippen molar-refractivity contribution in [3.05, 3.63) is 35.4 Å². The fourth-order valence-electron chi connectivity index (χ4n) is 1.62. The first-order valence-electron chi connectivity index (χ1n) is 7.37. The topological polar surface area (TPSA) is 24.5 Å². The van der Waals surface area contributed by atoms with Crippen LogP contribution < -0.4 is 5.32 Å². The highest BCUT2D eigenvalue weighted by Crippen LogP contribution is 2.12. The maximum absolute atomic E-state index is 5.83. The van der Waals surface area contributed by atoms with Crippen molar-refractivity contribution in [3.63, 3.8) is 0 Å². The molecule has 1 N–H and O–H groups in total. The number of benzene rings is 1. The van der Waals surface area contributed by atoms with Crippen molar-refractivity contribution < 1.29 is 4.74 Å². The van der Waals surface area contributed by atoms with Crippen molar-refractivity contribution in [2.45, 2.75) is 52.4 Å². The second kappa shape index (κ2) is 7.77. The number of hydrogen-bond donors (Lipinski definition) is 1. The van der Waals surface area contributed by atoms with Crippen LogP contribution >= 0.6 is 0 Å². The molecular weight excluding hydrogens is 248 g/mol. The van der Waals surface area contributed by atoms with Crippen LogP contribution in [0.25, 0.3) is 0 Å². The lowest BCUT2D eigenvalue weighted by Crippen LogP contribution is -2.42. The van der Waals surface area contributed by atoms with Gasteiger partial charge in [-0.05, 0) is 39.1 Å². The summed E-state index contributed by atoms with van der Waals surface area (Å²) < 4.78 is 5.83. The van der Waals surface area contributed by atoms with E-state index in [9.17, 15) is 0 Å². The molecule has 1 aromatic rings. The molecule has 3 heteroatoms. The summed E-state index contributed by atoms with van der Waals surface area (Å²) >= 11 is 0. The Morgan fingerprint density at radius 3 is 2.15 bits per heavy atom. The second-order valence-electron chi connectivity index (χ2n) is 6.55. The summed E-state index contributed by atoms with van der Waals surface area (Å²) in [5.74, 6) is 0. The Kier molecular flexibility index (Phi) is 6.66. The fourth-order valence-corrected chi connectivity index (χ4v) is 1.62. The van der Waals surface area contributed by atoms with Gasteiger partial charge in [0, 0.05) is 18.1 Å². The zero-order valence-electron chi connectivity index (χ0n) is 13.9. The Labute approximate surface area is 124 Å². The molecule has 20 heavy (non-hydrogen) atoms. The van der Waals surface area contributed by atoms with E-state index in [4.69, 9.17) is 4.74 Å². The van der Waals surface area contributed by atoms with E-state index >= 15 is 0 Å². The lowest BCUT2D eigenvalue weighted by molar-refractivity contribution is 0.0275. The molecule has 114 valence electrons. The molecule has 1 rings (SSSR count). The van der Waals surface area contributed by atoms with Crippen LogP contribution in [0.2, 0.25) is 0 Å². The van der Waals surface area contributed by atoms with Crippen LogP contribution in [0.5, 0.6) is 0 Å². The fraction of sp³-hybridized carbons (Fsp3) is 0.647. The van der Waals surface area contributed by atoms with Gasteiger partial charge in [-0.3, -0.25) is 0 Å². The van der Waals surface area contributed by atoms with E-state index in [2.05, 4.69) is 76.3 Å². The van der Waals surface area contributed by atoms with Crippen molar-refractivity contribution in [2.24, 2.45) is 0 Å². The van der Waals surface area contributed by atoms with E-state index in [1.54, 1.807) is 0 Å². The molecule has 0 atom stereocenters. The Hall–Kier alpha value is -0.900. The van der Waals surface area contributed by atoms with Gasteiger partial charge in [-0.15, -0.1) is 0 Å². The van der Waals surface area contributed by atoms with Crippen LogP contribution in [0.1, 0.15) is 38.8 Å². The lowest BCUT2D eigenvalue weighted by Gasteiger charge is -2.32. The van der Waals surface area contributed by atoms with E-state index in [1.165, 1.54) is 11.1 Å². The molecule has 0 unspecified atom stereocenters. The summed E-state index contributed by atoms with van der Waals surface area (Å²) in [7, 11) is 4.17.